The topological polar surface area (TPSA) is 104 Å². The molecule has 0 bridgehead atoms. The van der Waals surface area contributed by atoms with Crippen LogP contribution < -0.4 is 11.3 Å². The van der Waals surface area contributed by atoms with Crippen LogP contribution in [0, 0.1) is 0 Å². The fraction of sp³-hybridized carbons (Fsp3) is 0.545. The van der Waals surface area contributed by atoms with Gasteiger partial charge in [0.05, 0.1) is 18.0 Å². The third-order valence-corrected chi connectivity index (χ3v) is 3.15. The first kappa shape index (κ1) is 12.7. The predicted octanol–water partition coefficient (Wildman–Crippen LogP) is -0.251. The Kier molecular flexibility index (Phi) is 3.44. The fourth-order valence-electron chi connectivity index (χ4n) is 1.87. The Morgan fingerprint density at radius 2 is 2.11 bits per heavy atom. The molecule has 0 unspecified atom stereocenters. The van der Waals surface area contributed by atoms with Crippen molar-refractivity contribution in [2.75, 3.05) is 18.5 Å². The van der Waals surface area contributed by atoms with E-state index >= 15 is 0 Å². The zero-order valence-corrected chi connectivity index (χ0v) is 10.3. The van der Waals surface area contributed by atoms with Crippen molar-refractivity contribution in [3.8, 4) is 0 Å². The van der Waals surface area contributed by atoms with E-state index in [0.717, 1.165) is 0 Å². The minimum atomic E-state index is -0.671. The van der Waals surface area contributed by atoms with Crippen molar-refractivity contribution in [2.24, 2.45) is 5.84 Å². The number of hydrazine groups is 1. The van der Waals surface area contributed by atoms with E-state index in [1.54, 1.807) is 11.8 Å². The highest BCUT2D eigenvalue weighted by atomic mass is 16.3. The van der Waals surface area contributed by atoms with Crippen LogP contribution in [0.1, 0.15) is 30.3 Å². The minimum absolute atomic E-state index is 0.165. The van der Waals surface area contributed by atoms with Crippen LogP contribution in [0.4, 0.5) is 5.82 Å². The third kappa shape index (κ3) is 2.74. The Hall–Kier alpha value is -1.73. The number of nitrogens with one attached hydrogen (secondary N) is 1. The molecule has 1 aromatic heterocycles. The van der Waals surface area contributed by atoms with Gasteiger partial charge >= 0.3 is 0 Å². The zero-order valence-electron chi connectivity index (χ0n) is 10.3. The normalized spacial score (nSPS) is 18.5. The number of nitrogens with two attached hydrogens (primary N) is 1. The lowest BCUT2D eigenvalue weighted by molar-refractivity contribution is -0.00220. The molecule has 4 N–H and O–H groups in total. The molecule has 2 heterocycles. The Morgan fingerprint density at radius 1 is 1.44 bits per heavy atom. The summed E-state index contributed by atoms with van der Waals surface area (Å²) < 4.78 is 0. The van der Waals surface area contributed by atoms with Gasteiger partial charge in [0.15, 0.2) is 5.82 Å². The van der Waals surface area contributed by atoms with E-state index in [1.165, 1.54) is 12.4 Å². The molecule has 7 nitrogen and oxygen atoms in total. The molecule has 0 spiro atoms. The summed E-state index contributed by atoms with van der Waals surface area (Å²) in [5, 5.41) is 9.82. The second-order valence-electron chi connectivity index (χ2n) is 4.72. The van der Waals surface area contributed by atoms with Gasteiger partial charge in [0, 0.05) is 13.1 Å². The molecule has 0 aromatic carbocycles. The average Bonchev–Trinajstić information content (AvgIpc) is 2.38. The van der Waals surface area contributed by atoms with E-state index in [0.29, 0.717) is 31.7 Å². The van der Waals surface area contributed by atoms with E-state index in [4.69, 9.17) is 5.84 Å². The van der Waals surface area contributed by atoms with Gasteiger partial charge in [-0.2, -0.15) is 0 Å². The maximum Gasteiger partial charge on any atom is 0.274 e. The predicted molar refractivity (Wildman–Crippen MR) is 65.6 cm³/mol. The van der Waals surface area contributed by atoms with Crippen LogP contribution in [0.3, 0.4) is 0 Å². The number of rotatable bonds is 2. The van der Waals surface area contributed by atoms with E-state index < -0.39 is 5.60 Å². The van der Waals surface area contributed by atoms with Gasteiger partial charge in [-0.15, -0.1) is 0 Å². The molecule has 7 heteroatoms. The number of nitrogens with zero attached hydrogens (tertiary/aromatic N) is 3. The molecule has 1 aliphatic heterocycles. The highest BCUT2D eigenvalue weighted by Crippen LogP contribution is 2.22. The monoisotopic (exact) mass is 251 g/mol. The standard InChI is InChI=1S/C11H17N5O2/c1-11(18)2-4-16(5-3-11)10(17)8-6-14-9(15-12)7-13-8/h6-7,18H,2-5,12H2,1H3,(H,14,15). The Balaban J connectivity index is 2.03. The van der Waals surface area contributed by atoms with Gasteiger partial charge in [-0.1, -0.05) is 0 Å². The van der Waals surface area contributed by atoms with Crippen molar-refractivity contribution >= 4 is 11.7 Å². The number of hydrogen-bond donors (Lipinski definition) is 3. The molecule has 0 aliphatic carbocycles. The summed E-state index contributed by atoms with van der Waals surface area (Å²) in [6, 6.07) is 0. The van der Waals surface area contributed by atoms with E-state index in [-0.39, 0.29) is 11.6 Å². The number of amides is 1. The second-order valence-corrected chi connectivity index (χ2v) is 4.72. The lowest BCUT2D eigenvalue weighted by Crippen LogP contribution is -2.45. The summed E-state index contributed by atoms with van der Waals surface area (Å²) in [7, 11) is 0. The first-order valence-electron chi connectivity index (χ1n) is 5.82. The molecule has 1 amide bonds. The van der Waals surface area contributed by atoms with Crippen molar-refractivity contribution in [1.82, 2.24) is 14.9 Å². The first-order chi connectivity index (χ1) is 8.52. The molecule has 0 radical (unpaired) electrons. The number of nitrogen functional groups attached to an aromatic ring is 1. The summed E-state index contributed by atoms with van der Waals surface area (Å²) in [5.74, 6) is 5.42. The third-order valence-electron chi connectivity index (χ3n) is 3.15. The largest absolute Gasteiger partial charge is 0.390 e. The van der Waals surface area contributed by atoms with Crippen LogP contribution in [0.5, 0.6) is 0 Å². The molecule has 2 rings (SSSR count). The zero-order chi connectivity index (χ0) is 13.2. The van der Waals surface area contributed by atoms with Crippen LogP contribution in [0.2, 0.25) is 0 Å². The van der Waals surface area contributed by atoms with Crippen molar-refractivity contribution in [1.29, 1.82) is 0 Å². The number of anilines is 1. The molecule has 98 valence electrons. The maximum atomic E-state index is 12.1. The van der Waals surface area contributed by atoms with Crippen molar-refractivity contribution < 1.29 is 9.90 Å². The fourth-order valence-corrected chi connectivity index (χ4v) is 1.87. The Labute approximate surface area is 105 Å². The Morgan fingerprint density at radius 3 is 2.61 bits per heavy atom. The SMILES string of the molecule is CC1(O)CCN(C(=O)c2cnc(NN)cn2)CC1. The highest BCUT2D eigenvalue weighted by Gasteiger charge is 2.30. The summed E-state index contributed by atoms with van der Waals surface area (Å²) in [5.41, 5.74) is 1.97. The molecule has 1 saturated heterocycles. The van der Waals surface area contributed by atoms with Crippen LogP contribution in [0.25, 0.3) is 0 Å². The number of likely N-dealkylation sites (tertiary alicyclic amines) is 1. The first-order valence-corrected chi connectivity index (χ1v) is 5.82. The molecule has 0 atom stereocenters. The number of carbonyl (C=O) groups is 1. The number of carbonyl (C=O) groups excluding carboxylic acids is 1. The molecular formula is C11H17N5O2. The van der Waals surface area contributed by atoms with Crippen LogP contribution in [0.15, 0.2) is 12.4 Å². The molecule has 1 fully saturated rings. The van der Waals surface area contributed by atoms with Gasteiger partial charge in [-0.05, 0) is 19.8 Å². The number of aliphatic hydroxyl groups is 1. The van der Waals surface area contributed by atoms with Gasteiger partial charge in [-0.25, -0.2) is 15.8 Å². The van der Waals surface area contributed by atoms with Gasteiger partial charge in [0.2, 0.25) is 0 Å². The van der Waals surface area contributed by atoms with E-state index in [9.17, 15) is 9.90 Å². The van der Waals surface area contributed by atoms with Gasteiger partial charge in [-0.3, -0.25) is 4.79 Å². The molecule has 18 heavy (non-hydrogen) atoms. The van der Waals surface area contributed by atoms with E-state index in [1.807, 2.05) is 0 Å². The molecule has 1 aliphatic rings. The summed E-state index contributed by atoms with van der Waals surface area (Å²) in [6.07, 6.45) is 3.96. The van der Waals surface area contributed by atoms with Gasteiger partial charge in [0.25, 0.3) is 5.91 Å². The summed E-state index contributed by atoms with van der Waals surface area (Å²) in [6.45, 7) is 2.85. The van der Waals surface area contributed by atoms with Crippen LogP contribution in [-0.4, -0.2) is 44.6 Å². The van der Waals surface area contributed by atoms with E-state index in [2.05, 4.69) is 15.4 Å². The summed E-state index contributed by atoms with van der Waals surface area (Å²) >= 11 is 0. The van der Waals surface area contributed by atoms with Gasteiger partial charge in [0.1, 0.15) is 5.69 Å². The number of hydrogen-bond acceptors (Lipinski definition) is 6. The Bertz CT molecular complexity index is 422. The van der Waals surface area contributed by atoms with Crippen molar-refractivity contribution in [2.45, 2.75) is 25.4 Å². The van der Waals surface area contributed by atoms with Crippen molar-refractivity contribution in [3.05, 3.63) is 18.1 Å². The molecule has 0 saturated carbocycles. The summed E-state index contributed by atoms with van der Waals surface area (Å²) in [4.78, 5) is 21.7. The quantitative estimate of drug-likeness (QED) is 0.494. The van der Waals surface area contributed by atoms with Gasteiger partial charge < -0.3 is 15.4 Å². The number of aromatic nitrogens is 2. The average molecular weight is 251 g/mol. The minimum Gasteiger partial charge on any atom is -0.390 e. The lowest BCUT2D eigenvalue weighted by atomic mass is 9.94. The number of piperidine rings is 1. The maximum absolute atomic E-state index is 12.1. The second kappa shape index (κ2) is 4.87. The van der Waals surface area contributed by atoms with Crippen molar-refractivity contribution in [3.63, 3.8) is 0 Å². The molecule has 1 aromatic rings. The smallest absolute Gasteiger partial charge is 0.274 e. The highest BCUT2D eigenvalue weighted by molar-refractivity contribution is 5.92. The molecular weight excluding hydrogens is 234 g/mol. The van der Waals surface area contributed by atoms with Crippen LogP contribution in [-0.2, 0) is 0 Å². The van der Waals surface area contributed by atoms with Crippen LogP contribution >= 0.6 is 0 Å². The lowest BCUT2D eigenvalue weighted by Gasteiger charge is -2.35.